The van der Waals surface area contributed by atoms with Crippen molar-refractivity contribution in [3.8, 4) is 0 Å². The van der Waals surface area contributed by atoms with E-state index in [1.165, 1.54) is 0 Å². The first-order valence-corrected chi connectivity index (χ1v) is 5.97. The SMILES string of the molecule is Cc1c(N)nc(C(C)C)nc1NCCC(C)O. The van der Waals surface area contributed by atoms with Gasteiger partial charge < -0.3 is 16.2 Å². The van der Waals surface area contributed by atoms with E-state index in [1.807, 2.05) is 20.8 Å². The number of aromatic nitrogens is 2. The third kappa shape index (κ3) is 3.85. The Morgan fingerprint density at radius 2 is 1.94 bits per heavy atom. The fraction of sp³-hybridized carbons (Fsp3) is 0.667. The van der Waals surface area contributed by atoms with Gasteiger partial charge in [0.15, 0.2) is 0 Å². The summed E-state index contributed by atoms with van der Waals surface area (Å²) in [6.07, 6.45) is 0.368. The molecule has 0 amide bonds. The van der Waals surface area contributed by atoms with Crippen molar-refractivity contribution in [2.45, 2.75) is 46.1 Å². The Balaban J connectivity index is 2.82. The van der Waals surface area contributed by atoms with Gasteiger partial charge >= 0.3 is 0 Å². The second-order valence-electron chi connectivity index (χ2n) is 4.66. The van der Waals surface area contributed by atoms with Gasteiger partial charge in [0.1, 0.15) is 17.5 Å². The Bertz CT molecular complexity index is 377. The van der Waals surface area contributed by atoms with Crippen LogP contribution in [0.15, 0.2) is 0 Å². The van der Waals surface area contributed by atoms with Crippen LogP contribution in [-0.2, 0) is 0 Å². The van der Waals surface area contributed by atoms with Crippen LogP contribution in [0.3, 0.4) is 0 Å². The summed E-state index contributed by atoms with van der Waals surface area (Å²) in [5.41, 5.74) is 6.71. The molecule has 0 spiro atoms. The number of nitrogens with two attached hydrogens (primary N) is 1. The van der Waals surface area contributed by atoms with E-state index in [9.17, 15) is 5.11 Å². The van der Waals surface area contributed by atoms with Crippen molar-refractivity contribution in [2.75, 3.05) is 17.6 Å². The summed E-state index contributed by atoms with van der Waals surface area (Å²) in [4.78, 5) is 8.70. The van der Waals surface area contributed by atoms with Gasteiger partial charge in [-0.3, -0.25) is 0 Å². The maximum atomic E-state index is 9.20. The number of nitrogens with one attached hydrogen (secondary N) is 1. The van der Waals surface area contributed by atoms with E-state index in [0.717, 1.165) is 17.2 Å². The highest BCUT2D eigenvalue weighted by molar-refractivity contribution is 5.54. The summed E-state index contributed by atoms with van der Waals surface area (Å²) in [7, 11) is 0. The Labute approximate surface area is 102 Å². The van der Waals surface area contributed by atoms with Gasteiger partial charge in [0.25, 0.3) is 0 Å². The molecule has 96 valence electrons. The monoisotopic (exact) mass is 238 g/mol. The predicted molar refractivity (Wildman–Crippen MR) is 70.1 cm³/mol. The minimum absolute atomic E-state index is 0.246. The van der Waals surface area contributed by atoms with Gasteiger partial charge in [-0.1, -0.05) is 13.8 Å². The maximum Gasteiger partial charge on any atom is 0.135 e. The van der Waals surface area contributed by atoms with Crippen molar-refractivity contribution < 1.29 is 5.11 Å². The zero-order valence-electron chi connectivity index (χ0n) is 11.0. The number of anilines is 2. The van der Waals surface area contributed by atoms with E-state index in [1.54, 1.807) is 6.92 Å². The second kappa shape index (κ2) is 5.82. The minimum Gasteiger partial charge on any atom is -0.393 e. The largest absolute Gasteiger partial charge is 0.393 e. The lowest BCUT2D eigenvalue weighted by atomic mass is 10.2. The minimum atomic E-state index is -0.313. The first-order valence-electron chi connectivity index (χ1n) is 5.97. The molecule has 0 fully saturated rings. The van der Waals surface area contributed by atoms with Crippen LogP contribution in [0, 0.1) is 6.92 Å². The molecule has 1 rings (SSSR count). The molecule has 0 aliphatic heterocycles. The average Bonchev–Trinajstić information content (AvgIpc) is 2.23. The van der Waals surface area contributed by atoms with Crippen LogP contribution < -0.4 is 11.1 Å². The molecule has 0 radical (unpaired) electrons. The van der Waals surface area contributed by atoms with E-state index < -0.39 is 0 Å². The fourth-order valence-electron chi connectivity index (χ4n) is 1.38. The molecule has 4 N–H and O–H groups in total. The number of nitrogens with zero attached hydrogens (tertiary/aromatic N) is 2. The smallest absolute Gasteiger partial charge is 0.135 e. The van der Waals surface area contributed by atoms with Crippen LogP contribution in [-0.4, -0.2) is 27.7 Å². The van der Waals surface area contributed by atoms with Crippen molar-refractivity contribution in [1.82, 2.24) is 9.97 Å². The first-order chi connectivity index (χ1) is 7.91. The Hall–Kier alpha value is -1.36. The lowest BCUT2D eigenvalue weighted by Gasteiger charge is -2.13. The van der Waals surface area contributed by atoms with Crippen LogP contribution in [0.1, 0.15) is 44.5 Å². The molecular formula is C12H22N4O. The summed E-state index contributed by atoms with van der Waals surface area (Å²) in [5, 5.41) is 12.4. The van der Waals surface area contributed by atoms with Gasteiger partial charge in [0.2, 0.25) is 0 Å². The zero-order valence-corrected chi connectivity index (χ0v) is 11.0. The predicted octanol–water partition coefficient (Wildman–Crippen LogP) is 1.67. The second-order valence-corrected chi connectivity index (χ2v) is 4.66. The Morgan fingerprint density at radius 3 is 2.47 bits per heavy atom. The maximum absolute atomic E-state index is 9.20. The summed E-state index contributed by atoms with van der Waals surface area (Å²) in [6.45, 7) is 8.40. The number of rotatable bonds is 5. The molecule has 0 saturated heterocycles. The highest BCUT2D eigenvalue weighted by Gasteiger charge is 2.10. The lowest BCUT2D eigenvalue weighted by Crippen LogP contribution is -2.14. The quantitative estimate of drug-likeness (QED) is 0.726. The average molecular weight is 238 g/mol. The molecule has 1 heterocycles. The topological polar surface area (TPSA) is 84.1 Å². The van der Waals surface area contributed by atoms with E-state index in [-0.39, 0.29) is 12.0 Å². The summed E-state index contributed by atoms with van der Waals surface area (Å²) in [6, 6.07) is 0. The van der Waals surface area contributed by atoms with Gasteiger partial charge in [-0.05, 0) is 20.3 Å². The van der Waals surface area contributed by atoms with Crippen molar-refractivity contribution in [3.63, 3.8) is 0 Å². The third-order valence-electron chi connectivity index (χ3n) is 2.57. The van der Waals surface area contributed by atoms with Crippen LogP contribution in [0.4, 0.5) is 11.6 Å². The molecule has 0 aromatic carbocycles. The first kappa shape index (κ1) is 13.7. The summed E-state index contributed by atoms with van der Waals surface area (Å²) >= 11 is 0. The van der Waals surface area contributed by atoms with E-state index in [2.05, 4.69) is 15.3 Å². The number of nitrogen functional groups attached to an aromatic ring is 1. The number of hydrogen-bond donors (Lipinski definition) is 3. The molecule has 1 aromatic heterocycles. The molecule has 1 unspecified atom stereocenters. The molecule has 1 atom stereocenters. The number of aliphatic hydroxyl groups is 1. The van der Waals surface area contributed by atoms with E-state index >= 15 is 0 Å². The van der Waals surface area contributed by atoms with E-state index in [4.69, 9.17) is 5.73 Å². The Morgan fingerprint density at radius 1 is 1.29 bits per heavy atom. The standard InChI is InChI=1S/C12H22N4O/c1-7(2)11-15-10(13)9(4)12(16-11)14-6-5-8(3)17/h7-8,17H,5-6H2,1-4H3,(H3,13,14,15,16). The molecule has 0 bridgehead atoms. The van der Waals surface area contributed by atoms with Crippen molar-refractivity contribution in [3.05, 3.63) is 11.4 Å². The van der Waals surface area contributed by atoms with Gasteiger partial charge in [0, 0.05) is 18.0 Å². The number of aliphatic hydroxyl groups excluding tert-OH is 1. The highest BCUT2D eigenvalue weighted by atomic mass is 16.3. The summed E-state index contributed by atoms with van der Waals surface area (Å²) in [5.74, 6) is 2.27. The zero-order chi connectivity index (χ0) is 13.0. The van der Waals surface area contributed by atoms with Crippen molar-refractivity contribution >= 4 is 11.6 Å². The fourth-order valence-corrected chi connectivity index (χ4v) is 1.38. The van der Waals surface area contributed by atoms with Crippen molar-refractivity contribution in [2.24, 2.45) is 0 Å². The molecular weight excluding hydrogens is 216 g/mol. The van der Waals surface area contributed by atoms with Crippen molar-refractivity contribution in [1.29, 1.82) is 0 Å². The van der Waals surface area contributed by atoms with Crippen LogP contribution in [0.25, 0.3) is 0 Å². The molecule has 0 aliphatic rings. The molecule has 0 saturated carbocycles. The molecule has 5 nitrogen and oxygen atoms in total. The molecule has 1 aromatic rings. The highest BCUT2D eigenvalue weighted by Crippen LogP contribution is 2.20. The molecule has 17 heavy (non-hydrogen) atoms. The van der Waals surface area contributed by atoms with Crippen LogP contribution >= 0.6 is 0 Å². The third-order valence-corrected chi connectivity index (χ3v) is 2.57. The lowest BCUT2D eigenvalue weighted by molar-refractivity contribution is 0.188. The van der Waals surface area contributed by atoms with Gasteiger partial charge in [-0.25, -0.2) is 9.97 Å². The normalized spacial score (nSPS) is 12.8. The van der Waals surface area contributed by atoms with Crippen LogP contribution in [0.5, 0.6) is 0 Å². The molecule has 0 aliphatic carbocycles. The van der Waals surface area contributed by atoms with Gasteiger partial charge in [0.05, 0.1) is 6.10 Å². The van der Waals surface area contributed by atoms with E-state index in [0.29, 0.717) is 18.8 Å². The van der Waals surface area contributed by atoms with Crippen LogP contribution in [0.2, 0.25) is 0 Å². The van der Waals surface area contributed by atoms with Gasteiger partial charge in [-0.15, -0.1) is 0 Å². The molecule has 5 heteroatoms. The Kier molecular flexibility index (Phi) is 4.69. The number of hydrogen-bond acceptors (Lipinski definition) is 5. The van der Waals surface area contributed by atoms with Gasteiger partial charge in [-0.2, -0.15) is 0 Å². The summed E-state index contributed by atoms with van der Waals surface area (Å²) < 4.78 is 0.